The first kappa shape index (κ1) is 44.2. The second-order valence-corrected chi connectivity index (χ2v) is 22.2. The maximum atomic E-state index is 5.39. The SMILES string of the molecule is C[n+]1ccc(Sc2ccc3c(c2)-c2nc-3nc3[nH]c(nc4nc(nc5[nH]c(n2)c2ccc(Sc6cc[n+](C)cc6)cc52)-c2ccc(Sc5cc[n+](C)cc5)cc2-4)c2ccc(Sc4cc[n+](C)cc4)cc32)cc1. The Bertz CT molecular complexity index is 3870. The second kappa shape index (κ2) is 18.1. The Labute approximate surface area is 430 Å². The third-order valence-electron chi connectivity index (χ3n) is 12.5. The first-order valence-corrected chi connectivity index (χ1v) is 26.4. The molecule has 0 atom stereocenters. The highest BCUT2D eigenvalue weighted by Gasteiger charge is 2.24. The Morgan fingerprint density at radius 1 is 0.278 bits per heavy atom. The molecule has 0 unspecified atom stereocenters. The number of benzene rings is 4. The molecule has 9 heterocycles. The number of aromatic amines is 2. The molecule has 0 aliphatic carbocycles. The number of nitrogens with one attached hydrogen (secondary N) is 2. The maximum absolute atomic E-state index is 5.39. The van der Waals surface area contributed by atoms with Gasteiger partial charge in [-0.1, -0.05) is 47.0 Å². The Morgan fingerprint density at radius 2 is 0.556 bits per heavy atom. The van der Waals surface area contributed by atoms with Crippen molar-refractivity contribution in [2.24, 2.45) is 28.2 Å². The fraction of sp³-hybridized carbons (Fsp3) is 0.0714. The van der Waals surface area contributed by atoms with Gasteiger partial charge in [-0.3, -0.25) is 0 Å². The Kier molecular flexibility index (Phi) is 11.1. The number of hydrogen-bond donors (Lipinski definition) is 2. The van der Waals surface area contributed by atoms with Gasteiger partial charge < -0.3 is 9.97 Å². The van der Waals surface area contributed by atoms with E-state index in [9.17, 15) is 0 Å². The minimum Gasteiger partial charge on any atom is -0.324 e. The minimum atomic E-state index is 0.550. The van der Waals surface area contributed by atoms with Crippen LogP contribution < -0.4 is 18.3 Å². The summed E-state index contributed by atoms with van der Waals surface area (Å²) in [5.74, 6) is 2.20. The average Bonchev–Trinajstić information content (AvgIpc) is 4.12. The second-order valence-electron chi connectivity index (χ2n) is 17.6. The van der Waals surface area contributed by atoms with Crippen LogP contribution in [-0.4, -0.2) is 39.9 Å². The van der Waals surface area contributed by atoms with Crippen LogP contribution >= 0.6 is 47.0 Å². The number of nitrogens with zero attached hydrogens (tertiary/aromatic N) is 10. The highest BCUT2D eigenvalue weighted by molar-refractivity contribution is 8.00. The van der Waals surface area contributed by atoms with Crippen LogP contribution in [0.5, 0.6) is 0 Å². The summed E-state index contributed by atoms with van der Waals surface area (Å²) < 4.78 is 8.15. The molecule has 0 amide bonds. The lowest BCUT2D eigenvalue weighted by Crippen LogP contribution is -2.25. The van der Waals surface area contributed by atoms with Crippen LogP contribution in [-0.2, 0) is 28.2 Å². The first-order valence-electron chi connectivity index (χ1n) is 23.1. The van der Waals surface area contributed by atoms with E-state index in [1.165, 1.54) is 0 Å². The Morgan fingerprint density at radius 3 is 0.889 bits per heavy atom. The van der Waals surface area contributed by atoms with Crippen molar-refractivity contribution >= 4 is 91.2 Å². The summed E-state index contributed by atoms with van der Waals surface area (Å²) in [7, 11) is 8.10. The Balaban J connectivity index is 1.06. The van der Waals surface area contributed by atoms with Crippen molar-refractivity contribution in [2.75, 3.05) is 0 Å². The number of aryl methyl sites for hydroxylation is 4. The van der Waals surface area contributed by atoms with Crippen molar-refractivity contribution in [1.82, 2.24) is 39.9 Å². The smallest absolute Gasteiger partial charge is 0.169 e. The van der Waals surface area contributed by atoms with Crippen LogP contribution in [0.25, 0.3) is 89.7 Å². The maximum Gasteiger partial charge on any atom is 0.169 e. The van der Waals surface area contributed by atoms with Gasteiger partial charge in [0.05, 0.1) is 0 Å². The predicted molar refractivity (Wildman–Crippen MR) is 283 cm³/mol. The largest absolute Gasteiger partial charge is 0.324 e. The van der Waals surface area contributed by atoms with Gasteiger partial charge in [0.25, 0.3) is 0 Å². The monoisotopic (exact) mass is 1010 g/mol. The summed E-state index contributed by atoms with van der Waals surface area (Å²) in [4.78, 5) is 48.2. The topological polar surface area (TPSA) is 124 Å². The average molecular weight is 1010 g/mol. The normalized spacial score (nSPS) is 11.8. The molecular weight excluding hydrogens is 969 g/mol. The molecular formula is C56H42N12S4+4. The summed E-state index contributed by atoms with van der Waals surface area (Å²) in [5.41, 5.74) is 6.08. The van der Waals surface area contributed by atoms with Gasteiger partial charge in [-0.25, -0.2) is 48.2 Å². The molecule has 8 bridgehead atoms. The fourth-order valence-electron chi connectivity index (χ4n) is 8.73. The lowest BCUT2D eigenvalue weighted by Gasteiger charge is -2.04. The van der Waals surface area contributed by atoms with Gasteiger partial charge in [0.1, 0.15) is 50.8 Å². The molecule has 0 saturated carbocycles. The number of rotatable bonds is 8. The van der Waals surface area contributed by atoms with Crippen molar-refractivity contribution < 1.29 is 18.3 Å². The van der Waals surface area contributed by atoms with E-state index >= 15 is 0 Å². The molecule has 7 aromatic heterocycles. The third kappa shape index (κ3) is 8.65. The molecule has 4 aromatic carbocycles. The van der Waals surface area contributed by atoms with E-state index in [0.717, 1.165) is 83.0 Å². The van der Waals surface area contributed by atoms with Crippen LogP contribution in [0.1, 0.15) is 0 Å². The lowest BCUT2D eigenvalue weighted by molar-refractivity contribution is -0.671. The van der Waals surface area contributed by atoms with E-state index in [2.05, 4.69) is 181 Å². The van der Waals surface area contributed by atoms with E-state index < -0.39 is 0 Å². The molecule has 13 rings (SSSR count). The van der Waals surface area contributed by atoms with Crippen LogP contribution in [0.3, 0.4) is 0 Å². The summed E-state index contributed by atoms with van der Waals surface area (Å²) >= 11 is 6.79. The number of hydrogen-bond acceptors (Lipinski definition) is 10. The highest BCUT2D eigenvalue weighted by atomic mass is 32.2. The number of aromatic nitrogens is 12. The Hall–Kier alpha value is -7.76. The molecule has 346 valence electrons. The zero-order chi connectivity index (χ0) is 48.5. The van der Waals surface area contributed by atoms with Gasteiger partial charge in [-0.15, -0.1) is 0 Å². The highest BCUT2D eigenvalue weighted by Crippen LogP contribution is 2.42. The van der Waals surface area contributed by atoms with E-state index in [0.29, 0.717) is 45.9 Å². The molecule has 0 spiro atoms. The third-order valence-corrected chi connectivity index (χ3v) is 16.4. The predicted octanol–water partition coefficient (Wildman–Crippen LogP) is 10.8. The van der Waals surface area contributed by atoms with Crippen LogP contribution in [0.15, 0.2) is 210 Å². The van der Waals surface area contributed by atoms with Gasteiger partial charge in [-0.05, 0) is 72.8 Å². The van der Waals surface area contributed by atoms with Gasteiger partial charge in [-0.2, -0.15) is 0 Å². The van der Waals surface area contributed by atoms with Crippen LogP contribution in [0.4, 0.5) is 0 Å². The standard InChI is InChI=1S/C56H42N12S4/c1-65-21-13-33(14-22-65)69-37-5-9-41-45(29-37)53-57-49(41)62-54-47-31-39(71-35-17-25-67(3)26-18-35)7-11-43(47)51(59-54)64-56-48-32-40(72-36-19-27-68(4)28-20-36)8-12-44(48)52(60-56)63-55-46-30-38(6-10-42(46)50(58-55)61-53)70-34-15-23-66(2)24-16-34/h5-32H,1-4H3,(H2,57,58,59,60,61,62,63,64)/q+4. The van der Waals surface area contributed by atoms with Crippen molar-refractivity contribution in [3.63, 3.8) is 0 Å². The van der Waals surface area contributed by atoms with E-state index in [1.54, 1.807) is 47.0 Å². The quantitative estimate of drug-likeness (QED) is 0.142. The van der Waals surface area contributed by atoms with Crippen molar-refractivity contribution in [2.45, 2.75) is 39.2 Å². The van der Waals surface area contributed by atoms with Crippen LogP contribution in [0.2, 0.25) is 0 Å². The lowest BCUT2D eigenvalue weighted by atomic mass is 10.1. The van der Waals surface area contributed by atoms with Crippen LogP contribution in [0, 0.1) is 0 Å². The number of fused-ring (bicyclic) bond motifs is 20. The van der Waals surface area contributed by atoms with E-state index in [-0.39, 0.29) is 0 Å². The molecule has 11 aromatic rings. The fourth-order valence-corrected chi connectivity index (χ4v) is 12.1. The molecule has 2 aliphatic heterocycles. The summed E-state index contributed by atoms with van der Waals surface area (Å²) in [5, 5.41) is 3.64. The number of H-pyrrole nitrogens is 2. The summed E-state index contributed by atoms with van der Waals surface area (Å²) in [6, 6.07) is 42.7. The molecule has 0 radical (unpaired) electrons. The van der Waals surface area contributed by atoms with E-state index in [4.69, 9.17) is 29.9 Å². The molecule has 2 aliphatic rings. The zero-order valence-electron chi connectivity index (χ0n) is 39.3. The molecule has 0 fully saturated rings. The first-order chi connectivity index (χ1) is 35.2. The van der Waals surface area contributed by atoms with Gasteiger partial charge in [0, 0.05) is 131 Å². The molecule has 12 nitrogen and oxygen atoms in total. The summed E-state index contributed by atoms with van der Waals surface area (Å²) in [6.07, 6.45) is 16.5. The van der Waals surface area contributed by atoms with E-state index in [1.807, 2.05) is 46.5 Å². The minimum absolute atomic E-state index is 0.550. The van der Waals surface area contributed by atoms with Gasteiger partial charge >= 0.3 is 0 Å². The molecule has 16 heteroatoms. The van der Waals surface area contributed by atoms with Crippen molar-refractivity contribution in [3.8, 4) is 45.6 Å². The number of pyridine rings is 4. The molecule has 2 N–H and O–H groups in total. The van der Waals surface area contributed by atoms with Gasteiger partial charge in [0.15, 0.2) is 72.9 Å². The molecule has 72 heavy (non-hydrogen) atoms. The van der Waals surface area contributed by atoms with Crippen molar-refractivity contribution in [3.05, 3.63) is 171 Å². The van der Waals surface area contributed by atoms with Crippen molar-refractivity contribution in [1.29, 1.82) is 0 Å². The molecule has 0 saturated heterocycles. The van der Waals surface area contributed by atoms with Gasteiger partial charge in [0.2, 0.25) is 0 Å². The zero-order valence-corrected chi connectivity index (χ0v) is 42.5. The summed E-state index contributed by atoms with van der Waals surface area (Å²) in [6.45, 7) is 0.